The van der Waals surface area contributed by atoms with Gasteiger partial charge in [-0.1, -0.05) is 44.9 Å². The summed E-state index contributed by atoms with van der Waals surface area (Å²) in [6.45, 7) is 8.57. The molecule has 1 aliphatic heterocycles. The number of halogens is 2. The van der Waals surface area contributed by atoms with Gasteiger partial charge in [-0.25, -0.2) is 0 Å². The molecule has 22 heavy (non-hydrogen) atoms. The fourth-order valence-electron chi connectivity index (χ4n) is 2.72. The van der Waals surface area contributed by atoms with Crippen molar-refractivity contribution in [2.45, 2.75) is 64.3 Å². The van der Waals surface area contributed by atoms with Crippen LogP contribution in [0.3, 0.4) is 0 Å². The summed E-state index contributed by atoms with van der Waals surface area (Å²) in [6, 6.07) is 6.82. The summed E-state index contributed by atoms with van der Waals surface area (Å²) in [4.78, 5) is 0. The lowest BCUT2D eigenvalue weighted by Gasteiger charge is -2.25. The smallest absolute Gasteiger partial charge is 0.137 e. The van der Waals surface area contributed by atoms with Crippen molar-refractivity contribution >= 4 is 24.0 Å². The van der Waals surface area contributed by atoms with Crippen LogP contribution in [-0.2, 0) is 5.41 Å². The van der Waals surface area contributed by atoms with E-state index >= 15 is 0 Å². The number of benzene rings is 1. The highest BCUT2D eigenvalue weighted by Crippen LogP contribution is 2.33. The Kier molecular flexibility index (Phi) is 8.02. The second-order valence-corrected chi connectivity index (χ2v) is 7.07. The number of ether oxygens (including phenoxy) is 1. The minimum Gasteiger partial charge on any atom is -0.492 e. The first kappa shape index (κ1) is 19.6. The maximum Gasteiger partial charge on any atom is 0.137 e. The molecule has 1 N–H and O–H groups in total. The van der Waals surface area contributed by atoms with Crippen LogP contribution in [0.25, 0.3) is 0 Å². The van der Waals surface area contributed by atoms with E-state index in [4.69, 9.17) is 16.3 Å². The Morgan fingerprint density at radius 2 is 2.09 bits per heavy atom. The molecule has 0 saturated carbocycles. The second kappa shape index (κ2) is 9.00. The van der Waals surface area contributed by atoms with E-state index < -0.39 is 0 Å². The number of piperidine rings is 1. The largest absolute Gasteiger partial charge is 0.492 e. The molecule has 0 aromatic heterocycles. The number of hydrogen-bond acceptors (Lipinski definition) is 2. The van der Waals surface area contributed by atoms with Crippen LogP contribution < -0.4 is 10.1 Å². The summed E-state index contributed by atoms with van der Waals surface area (Å²) in [5.41, 5.74) is 1.44. The van der Waals surface area contributed by atoms with Crippen molar-refractivity contribution in [3.63, 3.8) is 0 Å². The molecule has 1 aromatic carbocycles. The van der Waals surface area contributed by atoms with Crippen molar-refractivity contribution in [3.05, 3.63) is 28.8 Å². The Morgan fingerprint density at radius 1 is 1.32 bits per heavy atom. The normalized spacial score (nSPS) is 18.6. The van der Waals surface area contributed by atoms with Crippen LogP contribution in [0.4, 0.5) is 0 Å². The van der Waals surface area contributed by atoms with Gasteiger partial charge in [-0.15, -0.1) is 12.4 Å². The molecule has 1 fully saturated rings. The Morgan fingerprint density at radius 3 is 2.68 bits per heavy atom. The van der Waals surface area contributed by atoms with Crippen molar-refractivity contribution in [1.29, 1.82) is 0 Å². The third-order valence-electron chi connectivity index (χ3n) is 4.73. The first-order valence-electron chi connectivity index (χ1n) is 8.19. The van der Waals surface area contributed by atoms with Gasteiger partial charge in [0.05, 0.1) is 11.6 Å². The SMILES string of the molecule is CCC(C)(C)c1ccc(OCCC2CCCCN2)c(Cl)c1.Cl. The van der Waals surface area contributed by atoms with Crippen molar-refractivity contribution in [2.24, 2.45) is 0 Å². The van der Waals surface area contributed by atoms with Gasteiger partial charge >= 0.3 is 0 Å². The molecule has 126 valence electrons. The van der Waals surface area contributed by atoms with Gasteiger partial charge in [0.25, 0.3) is 0 Å². The molecular weight excluding hydrogens is 317 g/mol. The highest BCUT2D eigenvalue weighted by molar-refractivity contribution is 6.32. The van der Waals surface area contributed by atoms with Crippen molar-refractivity contribution < 1.29 is 4.74 Å². The van der Waals surface area contributed by atoms with Gasteiger partial charge in [-0.2, -0.15) is 0 Å². The Bertz CT molecular complexity index is 456. The van der Waals surface area contributed by atoms with E-state index in [1.165, 1.54) is 24.8 Å². The lowest BCUT2D eigenvalue weighted by Crippen LogP contribution is -2.35. The fourth-order valence-corrected chi connectivity index (χ4v) is 2.96. The maximum atomic E-state index is 6.37. The Balaban J connectivity index is 0.00000242. The molecule has 4 heteroatoms. The van der Waals surface area contributed by atoms with E-state index in [1.54, 1.807) is 0 Å². The summed E-state index contributed by atoms with van der Waals surface area (Å²) in [7, 11) is 0. The first-order valence-corrected chi connectivity index (χ1v) is 8.57. The quantitative estimate of drug-likeness (QED) is 0.749. The molecule has 0 amide bonds. The molecule has 0 spiro atoms. The zero-order chi connectivity index (χ0) is 15.3. The fraction of sp³-hybridized carbons (Fsp3) is 0.667. The minimum absolute atomic E-state index is 0. The molecule has 2 nitrogen and oxygen atoms in total. The second-order valence-electron chi connectivity index (χ2n) is 6.67. The Labute approximate surface area is 146 Å². The number of rotatable bonds is 6. The zero-order valence-corrected chi connectivity index (χ0v) is 15.5. The van der Waals surface area contributed by atoms with Gasteiger partial charge in [0, 0.05) is 6.04 Å². The maximum absolute atomic E-state index is 6.37. The minimum atomic E-state index is 0. The van der Waals surface area contributed by atoms with E-state index in [2.05, 4.69) is 38.2 Å². The van der Waals surface area contributed by atoms with E-state index in [0.717, 1.165) is 36.8 Å². The average molecular weight is 346 g/mol. The van der Waals surface area contributed by atoms with Crippen LogP contribution in [0.1, 0.15) is 58.4 Å². The molecule has 1 aromatic rings. The molecule has 0 radical (unpaired) electrons. The van der Waals surface area contributed by atoms with Crippen LogP contribution in [0.5, 0.6) is 5.75 Å². The van der Waals surface area contributed by atoms with Gasteiger partial charge in [0.2, 0.25) is 0 Å². The van der Waals surface area contributed by atoms with Crippen LogP contribution in [0, 0.1) is 0 Å². The van der Waals surface area contributed by atoms with Crippen LogP contribution in [0.2, 0.25) is 5.02 Å². The molecule has 1 atom stereocenters. The lowest BCUT2D eigenvalue weighted by molar-refractivity contribution is 0.268. The summed E-state index contributed by atoms with van der Waals surface area (Å²) in [5, 5.41) is 4.27. The topological polar surface area (TPSA) is 21.3 Å². The van der Waals surface area contributed by atoms with Gasteiger partial charge < -0.3 is 10.1 Å². The van der Waals surface area contributed by atoms with Gasteiger partial charge in [0.15, 0.2) is 0 Å². The van der Waals surface area contributed by atoms with Gasteiger partial charge in [-0.3, -0.25) is 0 Å². The van der Waals surface area contributed by atoms with Crippen molar-refractivity contribution in [3.8, 4) is 5.75 Å². The van der Waals surface area contributed by atoms with E-state index in [0.29, 0.717) is 6.04 Å². The molecule has 0 bridgehead atoms. The highest BCUT2D eigenvalue weighted by Gasteiger charge is 2.19. The third-order valence-corrected chi connectivity index (χ3v) is 5.03. The molecule has 1 unspecified atom stereocenters. The highest BCUT2D eigenvalue weighted by atomic mass is 35.5. The van der Waals surface area contributed by atoms with Crippen LogP contribution >= 0.6 is 24.0 Å². The van der Waals surface area contributed by atoms with Crippen molar-refractivity contribution in [1.82, 2.24) is 5.32 Å². The predicted octanol–water partition coefficient (Wildman–Crippen LogP) is 5.36. The molecule has 0 aliphatic carbocycles. The van der Waals surface area contributed by atoms with Gasteiger partial charge in [-0.05, 0) is 55.3 Å². The monoisotopic (exact) mass is 345 g/mol. The van der Waals surface area contributed by atoms with Crippen molar-refractivity contribution in [2.75, 3.05) is 13.2 Å². The number of hydrogen-bond donors (Lipinski definition) is 1. The van der Waals surface area contributed by atoms with E-state index in [1.807, 2.05) is 6.07 Å². The summed E-state index contributed by atoms with van der Waals surface area (Å²) < 4.78 is 5.87. The van der Waals surface area contributed by atoms with E-state index in [-0.39, 0.29) is 17.8 Å². The van der Waals surface area contributed by atoms with Gasteiger partial charge in [0.1, 0.15) is 5.75 Å². The Hall–Kier alpha value is -0.440. The number of nitrogens with one attached hydrogen (secondary N) is 1. The zero-order valence-electron chi connectivity index (χ0n) is 14.0. The van der Waals surface area contributed by atoms with E-state index in [9.17, 15) is 0 Å². The molecule has 1 aliphatic rings. The summed E-state index contributed by atoms with van der Waals surface area (Å²) in [5.74, 6) is 0.808. The molecule has 2 rings (SSSR count). The molecular formula is C18H29Cl2NO. The van der Waals surface area contributed by atoms with Crippen LogP contribution in [-0.4, -0.2) is 19.2 Å². The first-order chi connectivity index (χ1) is 10.0. The molecule has 1 saturated heterocycles. The third kappa shape index (κ3) is 5.33. The molecule has 1 heterocycles. The van der Waals surface area contributed by atoms with Crippen LogP contribution in [0.15, 0.2) is 18.2 Å². The lowest BCUT2D eigenvalue weighted by atomic mass is 9.82. The summed E-state index contributed by atoms with van der Waals surface area (Å²) in [6.07, 6.45) is 6.05. The standard InChI is InChI=1S/C18H28ClNO.ClH/c1-4-18(2,3)14-8-9-17(16(19)13-14)21-12-10-15-7-5-6-11-20-15;/h8-9,13,15,20H,4-7,10-12H2,1-3H3;1H. The predicted molar refractivity (Wildman–Crippen MR) is 97.8 cm³/mol. The summed E-state index contributed by atoms with van der Waals surface area (Å²) >= 11 is 6.37. The average Bonchev–Trinajstić information content (AvgIpc) is 2.50.